The van der Waals surface area contributed by atoms with Crippen molar-refractivity contribution in [1.82, 2.24) is 5.32 Å². The third-order valence-electron chi connectivity index (χ3n) is 13.7. The zero-order valence-corrected chi connectivity index (χ0v) is 36.2. The number of esters is 4. The van der Waals surface area contributed by atoms with Crippen molar-refractivity contribution in [2.24, 2.45) is 16.7 Å². The quantitative estimate of drug-likeness (QED) is 0.128. The van der Waals surface area contributed by atoms with Gasteiger partial charge in [-0.2, -0.15) is 0 Å². The number of amides is 1. The molecular weight excluding hydrogens is 815 g/mol. The van der Waals surface area contributed by atoms with Gasteiger partial charge in [-0.3, -0.25) is 19.2 Å². The summed E-state index contributed by atoms with van der Waals surface area (Å²) in [4.78, 5) is 83.8. The number of nitrogens with one attached hydrogen (secondary N) is 1. The molecule has 15 heteroatoms. The maximum absolute atomic E-state index is 15.5. The zero-order valence-electron chi connectivity index (χ0n) is 36.2. The molecule has 3 aliphatic carbocycles. The van der Waals surface area contributed by atoms with Crippen LogP contribution >= 0.6 is 0 Å². The van der Waals surface area contributed by atoms with Gasteiger partial charge in [0.25, 0.3) is 5.91 Å². The minimum atomic E-state index is -2.40. The predicted octanol–water partition coefficient (Wildman–Crippen LogP) is 4.04. The standard InChI is InChI=1S/C48H53NO14/c1-25-15-14-20-31(21-25)43(56)62-41-39-46(7,33(52)22-34-47(39,24-59-34)63-28(4)51)40(54)38(60-27(3)50)35-26(2)32(23-48(41,58)45(35,5)6)61-44(57)37(53)36(29-16-10-8-11-17-29)49-42(55)30-18-12-9-13-19-30/h8-21,32-34,36-39,41,52-53,58H,22-24H2,1-7H3,(H,49,55)/t32-,33-,34+,36-,37+,38+,39-,41-,46+,47-,48+/m0/s1. The molecule has 3 aromatic rings. The van der Waals surface area contributed by atoms with Crippen molar-refractivity contribution < 1.29 is 67.8 Å². The van der Waals surface area contributed by atoms with Gasteiger partial charge >= 0.3 is 23.9 Å². The van der Waals surface area contributed by atoms with E-state index in [9.17, 15) is 39.3 Å². The molecule has 0 aromatic heterocycles. The molecule has 2 saturated carbocycles. The van der Waals surface area contributed by atoms with Crippen LogP contribution in [0.4, 0.5) is 0 Å². The summed E-state index contributed by atoms with van der Waals surface area (Å²) in [7, 11) is 0. The van der Waals surface area contributed by atoms with Crippen LogP contribution in [0.5, 0.6) is 0 Å². The average Bonchev–Trinajstić information content (AvgIpc) is 3.23. The van der Waals surface area contributed by atoms with Crippen molar-refractivity contribution in [2.75, 3.05) is 6.61 Å². The highest BCUT2D eigenvalue weighted by atomic mass is 16.6. The minimum Gasteiger partial charge on any atom is -0.456 e. The molecule has 2 bridgehead atoms. The Bertz CT molecular complexity index is 2350. The molecule has 0 spiro atoms. The lowest BCUT2D eigenvalue weighted by Crippen LogP contribution is -2.82. The lowest BCUT2D eigenvalue weighted by atomic mass is 9.44. The molecule has 63 heavy (non-hydrogen) atoms. The van der Waals surface area contributed by atoms with Crippen LogP contribution in [0.2, 0.25) is 0 Å². The number of hydrogen-bond acceptors (Lipinski definition) is 14. The number of fused-ring (bicyclic) bond motifs is 5. The number of carbonyl (C=O) groups excluding carboxylic acids is 6. The summed E-state index contributed by atoms with van der Waals surface area (Å²) < 4.78 is 30.4. The molecule has 1 aliphatic heterocycles. The van der Waals surface area contributed by atoms with Gasteiger partial charge in [0.05, 0.1) is 35.6 Å². The average molecular weight is 868 g/mol. The van der Waals surface area contributed by atoms with E-state index in [4.69, 9.17) is 23.7 Å². The number of Topliss-reactive ketones (excluding diaryl/α,β-unsaturated/α-hetero) is 1. The van der Waals surface area contributed by atoms with E-state index in [-0.39, 0.29) is 35.3 Å². The topological polar surface area (TPSA) is 221 Å². The first-order valence-corrected chi connectivity index (χ1v) is 20.9. The number of benzene rings is 3. The summed E-state index contributed by atoms with van der Waals surface area (Å²) >= 11 is 0. The summed E-state index contributed by atoms with van der Waals surface area (Å²) in [5.41, 5.74) is -6.31. The lowest BCUT2D eigenvalue weighted by Gasteiger charge is -2.67. The first-order valence-electron chi connectivity index (χ1n) is 20.9. The minimum absolute atomic E-state index is 0.00210. The van der Waals surface area contributed by atoms with E-state index in [1.54, 1.807) is 99.6 Å². The Morgan fingerprint density at radius 1 is 0.841 bits per heavy atom. The highest BCUT2D eigenvalue weighted by Gasteiger charge is 2.78. The Labute approximate surface area is 364 Å². The molecule has 15 nitrogen and oxygen atoms in total. The second-order valence-electron chi connectivity index (χ2n) is 17.9. The van der Waals surface area contributed by atoms with Crippen molar-refractivity contribution in [3.8, 4) is 0 Å². The van der Waals surface area contributed by atoms with E-state index in [2.05, 4.69) is 5.32 Å². The Balaban J connectivity index is 1.39. The summed E-state index contributed by atoms with van der Waals surface area (Å²) in [6.07, 6.45) is -10.5. The lowest BCUT2D eigenvalue weighted by molar-refractivity contribution is -0.346. The van der Waals surface area contributed by atoms with E-state index in [0.29, 0.717) is 11.1 Å². The van der Waals surface area contributed by atoms with Gasteiger partial charge in [0.2, 0.25) is 0 Å². The van der Waals surface area contributed by atoms with Crippen LogP contribution in [-0.2, 0) is 42.9 Å². The van der Waals surface area contributed by atoms with Crippen LogP contribution < -0.4 is 5.32 Å². The van der Waals surface area contributed by atoms with E-state index >= 15 is 4.79 Å². The van der Waals surface area contributed by atoms with Crippen molar-refractivity contribution in [1.29, 1.82) is 0 Å². The molecule has 4 N–H and O–H groups in total. The molecule has 4 aliphatic rings. The Morgan fingerprint density at radius 3 is 2.06 bits per heavy atom. The molecule has 3 aromatic carbocycles. The van der Waals surface area contributed by atoms with Gasteiger partial charge in [0.1, 0.15) is 23.9 Å². The van der Waals surface area contributed by atoms with Crippen LogP contribution in [0.25, 0.3) is 0 Å². The Morgan fingerprint density at radius 2 is 1.48 bits per heavy atom. The van der Waals surface area contributed by atoms with Crippen molar-refractivity contribution in [3.63, 3.8) is 0 Å². The normalized spacial score (nSPS) is 31.6. The maximum atomic E-state index is 15.5. The highest BCUT2D eigenvalue weighted by Crippen LogP contribution is 2.64. The van der Waals surface area contributed by atoms with Crippen LogP contribution in [0.15, 0.2) is 96.1 Å². The monoisotopic (exact) mass is 867 g/mol. The van der Waals surface area contributed by atoms with Crippen LogP contribution in [0, 0.1) is 23.7 Å². The van der Waals surface area contributed by atoms with E-state index in [1.165, 1.54) is 19.9 Å². The number of ketones is 1. The van der Waals surface area contributed by atoms with Crippen LogP contribution in [-0.4, -0.2) is 105 Å². The predicted molar refractivity (Wildman–Crippen MR) is 222 cm³/mol. The molecular formula is C48H53NO14. The van der Waals surface area contributed by atoms with Crippen molar-refractivity contribution in [3.05, 3.63) is 118 Å². The number of hydrogen-bond donors (Lipinski definition) is 4. The smallest absolute Gasteiger partial charge is 0.338 e. The molecule has 11 atom stereocenters. The van der Waals surface area contributed by atoms with Gasteiger partial charge in [-0.1, -0.05) is 80.1 Å². The summed E-state index contributed by atoms with van der Waals surface area (Å²) in [5.74, 6) is -6.83. The van der Waals surface area contributed by atoms with E-state index in [1.807, 2.05) is 0 Å². The summed E-state index contributed by atoms with van der Waals surface area (Å²) in [5, 5.41) is 40.4. The molecule has 1 saturated heterocycles. The Hall–Kier alpha value is -5.74. The van der Waals surface area contributed by atoms with Gasteiger partial charge in [-0.15, -0.1) is 0 Å². The zero-order chi connectivity index (χ0) is 45.8. The fourth-order valence-electron chi connectivity index (χ4n) is 10.4. The molecule has 0 unspecified atom stereocenters. The van der Waals surface area contributed by atoms with Gasteiger partial charge in [0, 0.05) is 37.7 Å². The second kappa shape index (κ2) is 16.8. The molecule has 7 rings (SSSR count). The molecule has 1 amide bonds. The van der Waals surface area contributed by atoms with Gasteiger partial charge in [-0.05, 0) is 61.7 Å². The maximum Gasteiger partial charge on any atom is 0.338 e. The number of carbonyl (C=O) groups is 6. The summed E-state index contributed by atoms with van der Waals surface area (Å²) in [6.45, 7) is 9.76. The van der Waals surface area contributed by atoms with Gasteiger partial charge < -0.3 is 44.3 Å². The SMILES string of the molecule is CC(=O)O[C@H]1C(=O)[C@@]2(C)[C@H]([C@H](OC(=O)c3cccc(C)c3)[C@]3(O)C[C@H](OC(=O)[C@H](O)[C@@H](NC(=O)c4ccccc4)c4ccccc4)C(C)=C1C3(C)C)[C@]1(OC(C)=O)CO[C@@H]1C[C@@H]2O. The number of aliphatic hydroxyl groups excluding tert-OH is 2. The number of aliphatic hydroxyl groups is 3. The van der Waals surface area contributed by atoms with Crippen molar-refractivity contribution in [2.45, 2.75) is 115 Å². The fraction of sp³-hybridized carbons (Fsp3) is 0.458. The second-order valence-corrected chi connectivity index (χ2v) is 17.9. The number of aryl methyl sites for hydroxylation is 1. The molecule has 0 radical (unpaired) electrons. The first-order chi connectivity index (χ1) is 29.7. The first kappa shape index (κ1) is 45.3. The molecule has 334 valence electrons. The van der Waals surface area contributed by atoms with Crippen LogP contribution in [0.3, 0.4) is 0 Å². The van der Waals surface area contributed by atoms with Gasteiger partial charge in [-0.25, -0.2) is 9.59 Å². The van der Waals surface area contributed by atoms with Crippen LogP contribution in [0.1, 0.15) is 92.3 Å². The third-order valence-corrected chi connectivity index (χ3v) is 13.7. The highest BCUT2D eigenvalue weighted by molar-refractivity contribution is 5.96. The van der Waals surface area contributed by atoms with E-state index < -0.39 is 113 Å². The largest absolute Gasteiger partial charge is 0.456 e. The van der Waals surface area contributed by atoms with E-state index in [0.717, 1.165) is 13.8 Å². The number of ether oxygens (including phenoxy) is 5. The third kappa shape index (κ3) is 7.64. The van der Waals surface area contributed by atoms with Crippen molar-refractivity contribution >= 4 is 35.6 Å². The number of rotatable bonds is 10. The fourth-order valence-corrected chi connectivity index (χ4v) is 10.4. The Kier molecular flexibility index (Phi) is 12.0. The molecule has 1 heterocycles. The van der Waals surface area contributed by atoms with Gasteiger partial charge in [0.15, 0.2) is 23.6 Å². The summed E-state index contributed by atoms with van der Waals surface area (Å²) in [6, 6.07) is 21.6. The molecule has 3 fully saturated rings.